The number of aliphatic hydroxyl groups is 1. The van der Waals surface area contributed by atoms with Crippen molar-refractivity contribution in [1.82, 2.24) is 10.2 Å². The molecule has 0 saturated heterocycles. The van der Waals surface area contributed by atoms with E-state index in [4.69, 9.17) is 5.11 Å². The molecule has 0 fully saturated rings. The Morgan fingerprint density at radius 2 is 1.52 bits per heavy atom. The molecule has 0 aliphatic carbocycles. The maximum absolute atomic E-state index is 12.1. The molecule has 0 aromatic heterocycles. The van der Waals surface area contributed by atoms with Crippen LogP contribution in [0, 0.1) is 0 Å². The van der Waals surface area contributed by atoms with Gasteiger partial charge in [0, 0.05) is 32.6 Å². The summed E-state index contributed by atoms with van der Waals surface area (Å²) < 4.78 is 0. The van der Waals surface area contributed by atoms with Gasteiger partial charge in [-0.25, -0.2) is 0 Å². The summed E-state index contributed by atoms with van der Waals surface area (Å²) in [6.45, 7) is 3.00. The van der Waals surface area contributed by atoms with Crippen LogP contribution in [-0.4, -0.2) is 54.7 Å². The summed E-state index contributed by atoms with van der Waals surface area (Å²) in [4.78, 5) is 24.0. The van der Waals surface area contributed by atoms with Crippen molar-refractivity contribution in [1.29, 1.82) is 0 Å². The van der Waals surface area contributed by atoms with E-state index in [1.54, 1.807) is 4.90 Å². The fraction of sp³-hybridized carbons (Fsp3) is 0.889. The predicted octanol–water partition coefficient (Wildman–Crippen LogP) is -1.93. The molecule has 0 spiro atoms. The van der Waals surface area contributed by atoms with Gasteiger partial charge in [-0.2, -0.15) is 0 Å². The maximum atomic E-state index is 12.1. The smallest absolute Gasteiger partial charge is 0.549 e. The number of carbonyl (C=O) groups is 2. The number of carboxylic acids is 1. The Labute approximate surface area is 175 Å². The first-order valence-electron chi connectivity index (χ1n) is 9.41. The monoisotopic (exact) mass is 366 g/mol. The first kappa shape index (κ1) is 27.1. The second-order valence-electron chi connectivity index (χ2n) is 6.23. The normalized spacial score (nSPS) is 10.3. The molecule has 2 N–H and O–H groups in total. The number of rotatable bonds is 17. The average molecular weight is 366 g/mol. The third kappa shape index (κ3) is 18.4. The Bertz CT molecular complexity index is 330. The van der Waals surface area contributed by atoms with Crippen molar-refractivity contribution in [2.75, 3.05) is 32.8 Å². The van der Waals surface area contributed by atoms with Gasteiger partial charge in [-0.1, -0.05) is 58.3 Å². The molecule has 0 radical (unpaired) electrons. The van der Waals surface area contributed by atoms with Crippen LogP contribution < -0.4 is 40.0 Å². The van der Waals surface area contributed by atoms with Crippen molar-refractivity contribution in [2.24, 2.45) is 0 Å². The molecule has 25 heavy (non-hydrogen) atoms. The van der Waals surface area contributed by atoms with E-state index in [1.807, 2.05) is 0 Å². The van der Waals surface area contributed by atoms with Crippen LogP contribution in [0.5, 0.6) is 0 Å². The van der Waals surface area contributed by atoms with Crippen LogP contribution in [-0.2, 0) is 9.59 Å². The van der Waals surface area contributed by atoms with Gasteiger partial charge in [0.1, 0.15) is 0 Å². The van der Waals surface area contributed by atoms with Gasteiger partial charge in [-0.05, 0) is 6.42 Å². The van der Waals surface area contributed by atoms with Crippen LogP contribution in [0.4, 0.5) is 0 Å². The van der Waals surface area contributed by atoms with Gasteiger partial charge in [0.15, 0.2) is 0 Å². The van der Waals surface area contributed by atoms with E-state index in [-0.39, 0.29) is 48.6 Å². The molecule has 0 aliphatic heterocycles. The maximum Gasteiger partial charge on any atom is 1.00 e. The Balaban J connectivity index is 0. The van der Waals surface area contributed by atoms with Crippen molar-refractivity contribution in [3.63, 3.8) is 0 Å². The van der Waals surface area contributed by atoms with Crippen molar-refractivity contribution >= 4 is 11.9 Å². The number of nitrogens with zero attached hydrogens (tertiary/aromatic N) is 1. The second-order valence-corrected chi connectivity index (χ2v) is 6.23. The molecule has 0 aliphatic rings. The first-order chi connectivity index (χ1) is 11.6. The topological polar surface area (TPSA) is 92.7 Å². The van der Waals surface area contributed by atoms with Gasteiger partial charge in [0.25, 0.3) is 0 Å². The number of nitrogens with one attached hydrogen (secondary N) is 1. The van der Waals surface area contributed by atoms with Gasteiger partial charge < -0.3 is 25.2 Å². The van der Waals surface area contributed by atoms with Gasteiger partial charge in [-0.3, -0.25) is 4.79 Å². The van der Waals surface area contributed by atoms with Crippen LogP contribution in [0.15, 0.2) is 0 Å². The van der Waals surface area contributed by atoms with Crippen molar-refractivity contribution < 1.29 is 49.4 Å². The molecule has 0 heterocycles. The summed E-state index contributed by atoms with van der Waals surface area (Å²) in [5.74, 6) is -1.13. The van der Waals surface area contributed by atoms with Crippen LogP contribution in [0.3, 0.4) is 0 Å². The zero-order valence-electron chi connectivity index (χ0n) is 16.2. The first-order valence-corrected chi connectivity index (χ1v) is 9.41. The fourth-order valence-corrected chi connectivity index (χ4v) is 2.63. The Hall–Kier alpha value is -0.140. The van der Waals surface area contributed by atoms with Crippen LogP contribution in [0.1, 0.15) is 71.1 Å². The molecule has 0 aromatic rings. The fourth-order valence-electron chi connectivity index (χ4n) is 2.63. The van der Waals surface area contributed by atoms with Crippen LogP contribution in [0.25, 0.3) is 0 Å². The Morgan fingerprint density at radius 3 is 2.04 bits per heavy atom. The van der Waals surface area contributed by atoms with Gasteiger partial charge in [-0.15, -0.1) is 0 Å². The van der Waals surface area contributed by atoms with E-state index in [9.17, 15) is 14.7 Å². The molecule has 7 heteroatoms. The molecular formula is C18H35N2NaO4. The van der Waals surface area contributed by atoms with E-state index in [2.05, 4.69) is 12.2 Å². The van der Waals surface area contributed by atoms with E-state index in [1.165, 1.54) is 44.9 Å². The summed E-state index contributed by atoms with van der Waals surface area (Å²) >= 11 is 0. The molecule has 1 amide bonds. The van der Waals surface area contributed by atoms with Crippen molar-refractivity contribution in [3.8, 4) is 0 Å². The number of carboxylic acid groups (broad SMARTS) is 1. The van der Waals surface area contributed by atoms with E-state index in [0.717, 1.165) is 12.8 Å². The van der Waals surface area contributed by atoms with Crippen LogP contribution in [0.2, 0.25) is 0 Å². The molecule has 0 bridgehead atoms. The minimum absolute atomic E-state index is 0. The van der Waals surface area contributed by atoms with Crippen molar-refractivity contribution in [3.05, 3.63) is 0 Å². The molecule has 0 unspecified atom stereocenters. The molecule has 6 nitrogen and oxygen atoms in total. The summed E-state index contributed by atoms with van der Waals surface area (Å²) in [6.07, 6.45) is 11.4. The SMILES string of the molecule is CCCCCCCCCCCC(=O)N(CCO)CCNCC(=O)[O-].[Na+]. The standard InChI is InChI=1S/C18H36N2O4.Na/c1-2-3-4-5-6-7-8-9-10-11-17(22)20(14-15-21)13-12-19-16-18(23)24;/h19,21H,2-16H2,1H3,(H,23,24);/q;+1/p-1. The van der Waals surface area contributed by atoms with E-state index in [0.29, 0.717) is 26.1 Å². The second kappa shape index (κ2) is 20.2. The molecule has 142 valence electrons. The third-order valence-corrected chi connectivity index (χ3v) is 4.04. The summed E-state index contributed by atoms with van der Waals surface area (Å²) in [5.41, 5.74) is 0. The minimum atomic E-state index is -1.16. The van der Waals surface area contributed by atoms with E-state index < -0.39 is 5.97 Å². The molecule has 0 saturated carbocycles. The summed E-state index contributed by atoms with van der Waals surface area (Å²) in [7, 11) is 0. The minimum Gasteiger partial charge on any atom is -0.549 e. The zero-order chi connectivity index (χ0) is 18.0. The van der Waals surface area contributed by atoms with Gasteiger partial charge >= 0.3 is 29.6 Å². The number of hydrogen-bond donors (Lipinski definition) is 2. The van der Waals surface area contributed by atoms with Gasteiger partial charge in [0.2, 0.25) is 5.91 Å². The third-order valence-electron chi connectivity index (χ3n) is 4.04. The number of aliphatic carboxylic acids is 1. The number of hydrogen-bond acceptors (Lipinski definition) is 5. The number of carbonyl (C=O) groups excluding carboxylic acids is 2. The Morgan fingerprint density at radius 1 is 0.960 bits per heavy atom. The summed E-state index contributed by atoms with van der Waals surface area (Å²) in [5, 5.41) is 22.0. The summed E-state index contributed by atoms with van der Waals surface area (Å²) in [6, 6.07) is 0. The zero-order valence-corrected chi connectivity index (χ0v) is 18.2. The molecule has 0 aromatic carbocycles. The Kier molecular flexibility index (Phi) is 21.9. The molecule has 0 rings (SSSR count). The van der Waals surface area contributed by atoms with E-state index >= 15 is 0 Å². The largest absolute Gasteiger partial charge is 1.00 e. The molecule has 0 atom stereocenters. The number of unbranched alkanes of at least 4 members (excludes halogenated alkanes) is 8. The average Bonchev–Trinajstić information content (AvgIpc) is 2.55. The van der Waals surface area contributed by atoms with Crippen LogP contribution >= 0.6 is 0 Å². The quantitative estimate of drug-likeness (QED) is 0.231. The molecular weight excluding hydrogens is 331 g/mol. The van der Waals surface area contributed by atoms with Gasteiger partial charge in [0.05, 0.1) is 12.6 Å². The predicted molar refractivity (Wildman–Crippen MR) is 93.4 cm³/mol. The number of aliphatic hydroxyl groups excluding tert-OH is 1. The number of amides is 1. The van der Waals surface area contributed by atoms with Crippen molar-refractivity contribution in [2.45, 2.75) is 71.1 Å².